The maximum atomic E-state index is 11.6. The smallest absolute Gasteiger partial charge is 0.296 e. The van der Waals surface area contributed by atoms with Crippen LogP contribution in [-0.4, -0.2) is 47.5 Å². The Kier molecular flexibility index (Phi) is 5.22. The van der Waals surface area contributed by atoms with Crippen molar-refractivity contribution in [1.29, 1.82) is 0 Å². The molecule has 0 saturated heterocycles. The molecule has 0 amide bonds. The van der Waals surface area contributed by atoms with E-state index < -0.39 is 22.8 Å². The topological polar surface area (TPSA) is 127 Å². The molecule has 1 unspecified atom stereocenters. The summed E-state index contributed by atoms with van der Waals surface area (Å²) in [5, 5.41) is 30.1. The molecule has 0 saturated carbocycles. The molecule has 0 radical (unpaired) electrons. The molecule has 7 nitrogen and oxygen atoms in total. The van der Waals surface area contributed by atoms with Crippen molar-refractivity contribution < 1.29 is 28.3 Å². The third-order valence-corrected chi connectivity index (χ3v) is 4.09. The predicted octanol–water partition coefficient (Wildman–Crippen LogP) is 1.07. The molecule has 23 heavy (non-hydrogen) atoms. The first-order valence-corrected chi connectivity index (χ1v) is 8.19. The van der Waals surface area contributed by atoms with Gasteiger partial charge in [0.05, 0.1) is 18.4 Å². The number of aliphatic hydroxyl groups is 2. The second kappa shape index (κ2) is 6.97. The minimum absolute atomic E-state index is 0.0718. The first-order valence-electron chi connectivity index (χ1n) is 6.75. The van der Waals surface area contributed by atoms with Crippen molar-refractivity contribution in [3.05, 3.63) is 42.5 Å². The molecular weight excluding hydrogens is 322 g/mol. The zero-order chi connectivity index (χ0) is 17.0. The summed E-state index contributed by atoms with van der Waals surface area (Å²) in [5.41, 5.74) is 1.31. The summed E-state index contributed by atoms with van der Waals surface area (Å²) in [6.45, 7) is -0.544. The third kappa shape index (κ3) is 4.42. The van der Waals surface area contributed by atoms with Crippen LogP contribution in [0.15, 0.2) is 47.4 Å². The number of phenols is 1. The predicted molar refractivity (Wildman–Crippen MR) is 84.9 cm³/mol. The number of aromatic hydroxyl groups is 1. The Hall–Kier alpha value is -2.13. The van der Waals surface area contributed by atoms with Crippen molar-refractivity contribution in [3.8, 4) is 16.9 Å². The van der Waals surface area contributed by atoms with E-state index in [0.717, 1.165) is 0 Å². The number of rotatable bonds is 6. The summed E-state index contributed by atoms with van der Waals surface area (Å²) in [5.74, 6) is 0.0834. The maximum absolute atomic E-state index is 11.6. The van der Waals surface area contributed by atoms with Gasteiger partial charge in [-0.15, -0.1) is 0 Å². The average Bonchev–Trinajstić information content (AvgIpc) is 2.52. The van der Waals surface area contributed by atoms with E-state index in [1.807, 2.05) is 0 Å². The van der Waals surface area contributed by atoms with Crippen LogP contribution in [0, 0.1) is 0 Å². The van der Waals surface area contributed by atoms with Gasteiger partial charge in [0, 0.05) is 6.54 Å². The second-order valence-corrected chi connectivity index (χ2v) is 6.34. The van der Waals surface area contributed by atoms with Crippen molar-refractivity contribution in [2.75, 3.05) is 18.5 Å². The first kappa shape index (κ1) is 17.2. The lowest BCUT2D eigenvalue weighted by Gasteiger charge is -2.14. The van der Waals surface area contributed by atoms with Gasteiger partial charge in [-0.3, -0.25) is 4.55 Å². The Labute approximate surface area is 133 Å². The van der Waals surface area contributed by atoms with E-state index in [1.54, 1.807) is 18.2 Å². The lowest BCUT2D eigenvalue weighted by Crippen LogP contribution is -2.23. The Morgan fingerprint density at radius 3 is 2.22 bits per heavy atom. The van der Waals surface area contributed by atoms with E-state index in [1.165, 1.54) is 24.3 Å². The number of hydrogen-bond acceptors (Lipinski definition) is 6. The summed E-state index contributed by atoms with van der Waals surface area (Å²) in [7, 11) is -4.48. The van der Waals surface area contributed by atoms with Gasteiger partial charge < -0.3 is 20.6 Å². The fourth-order valence-corrected chi connectivity index (χ4v) is 2.70. The van der Waals surface area contributed by atoms with Crippen LogP contribution < -0.4 is 5.32 Å². The van der Waals surface area contributed by atoms with Gasteiger partial charge in [0.1, 0.15) is 10.6 Å². The quantitative estimate of drug-likeness (QED) is 0.498. The first-order chi connectivity index (χ1) is 10.8. The summed E-state index contributed by atoms with van der Waals surface area (Å²) in [4.78, 5) is -0.340. The molecule has 0 heterocycles. The minimum atomic E-state index is -4.48. The number of hydrogen-bond donors (Lipinski definition) is 5. The highest BCUT2D eigenvalue weighted by Crippen LogP contribution is 2.29. The van der Waals surface area contributed by atoms with Crippen LogP contribution in [0.3, 0.4) is 0 Å². The molecule has 124 valence electrons. The SMILES string of the molecule is O=S(=O)(O)c1cc(-c2ccc(O)cc2)ccc1NCC(O)CO. The Morgan fingerprint density at radius 2 is 1.65 bits per heavy atom. The van der Waals surface area contributed by atoms with Crippen molar-refractivity contribution in [2.45, 2.75) is 11.0 Å². The summed E-state index contributed by atoms with van der Waals surface area (Å²) in [6, 6.07) is 10.5. The number of aliphatic hydroxyl groups excluding tert-OH is 2. The lowest BCUT2D eigenvalue weighted by atomic mass is 10.1. The van der Waals surface area contributed by atoms with Crippen LogP contribution in [0.25, 0.3) is 11.1 Å². The van der Waals surface area contributed by atoms with Crippen LogP contribution in [0.1, 0.15) is 0 Å². The van der Waals surface area contributed by atoms with Gasteiger partial charge in [-0.2, -0.15) is 8.42 Å². The van der Waals surface area contributed by atoms with E-state index in [4.69, 9.17) is 5.11 Å². The van der Waals surface area contributed by atoms with Gasteiger partial charge in [-0.1, -0.05) is 18.2 Å². The minimum Gasteiger partial charge on any atom is -0.508 e. The van der Waals surface area contributed by atoms with Gasteiger partial charge >= 0.3 is 0 Å². The molecule has 2 aromatic rings. The van der Waals surface area contributed by atoms with Crippen LogP contribution in [0.4, 0.5) is 5.69 Å². The van der Waals surface area contributed by atoms with Gasteiger partial charge in [-0.25, -0.2) is 0 Å². The van der Waals surface area contributed by atoms with Crippen molar-refractivity contribution in [2.24, 2.45) is 0 Å². The largest absolute Gasteiger partial charge is 0.508 e. The van der Waals surface area contributed by atoms with E-state index in [9.17, 15) is 23.2 Å². The highest BCUT2D eigenvalue weighted by molar-refractivity contribution is 7.86. The zero-order valence-electron chi connectivity index (χ0n) is 12.0. The summed E-state index contributed by atoms with van der Waals surface area (Å²) < 4.78 is 32.5. The molecule has 1 atom stereocenters. The van der Waals surface area contributed by atoms with Gasteiger partial charge in [0.25, 0.3) is 10.1 Å². The lowest BCUT2D eigenvalue weighted by molar-refractivity contribution is 0.105. The van der Waals surface area contributed by atoms with Crippen molar-refractivity contribution in [1.82, 2.24) is 0 Å². The second-order valence-electron chi connectivity index (χ2n) is 4.95. The fourth-order valence-electron chi connectivity index (χ4n) is 2.01. The Balaban J connectivity index is 2.40. The van der Waals surface area contributed by atoms with E-state index in [-0.39, 0.29) is 22.9 Å². The zero-order valence-corrected chi connectivity index (χ0v) is 12.9. The number of benzene rings is 2. The molecule has 0 fully saturated rings. The molecule has 0 aliphatic rings. The molecule has 5 N–H and O–H groups in total. The van der Waals surface area contributed by atoms with Crippen LogP contribution in [0.5, 0.6) is 5.75 Å². The number of phenolic OH excluding ortho intramolecular Hbond substituents is 1. The monoisotopic (exact) mass is 339 g/mol. The molecule has 0 aromatic heterocycles. The molecule has 0 bridgehead atoms. The van der Waals surface area contributed by atoms with Crippen molar-refractivity contribution >= 4 is 15.8 Å². The molecule has 8 heteroatoms. The molecule has 0 spiro atoms. The van der Waals surface area contributed by atoms with Gasteiger partial charge in [-0.05, 0) is 35.4 Å². The van der Waals surface area contributed by atoms with Crippen LogP contribution >= 0.6 is 0 Å². The fraction of sp³-hybridized carbons (Fsp3) is 0.200. The highest BCUT2D eigenvalue weighted by atomic mass is 32.2. The normalized spacial score (nSPS) is 12.8. The van der Waals surface area contributed by atoms with E-state index in [0.29, 0.717) is 11.1 Å². The molecular formula is C15H17NO6S. The van der Waals surface area contributed by atoms with Gasteiger partial charge in [0.2, 0.25) is 0 Å². The van der Waals surface area contributed by atoms with E-state index >= 15 is 0 Å². The average molecular weight is 339 g/mol. The summed E-state index contributed by atoms with van der Waals surface area (Å²) >= 11 is 0. The van der Waals surface area contributed by atoms with Crippen molar-refractivity contribution in [3.63, 3.8) is 0 Å². The van der Waals surface area contributed by atoms with Crippen LogP contribution in [-0.2, 0) is 10.1 Å². The van der Waals surface area contributed by atoms with Gasteiger partial charge in [0.15, 0.2) is 0 Å². The molecule has 0 aliphatic heterocycles. The van der Waals surface area contributed by atoms with E-state index in [2.05, 4.69) is 5.32 Å². The Bertz CT molecular complexity index is 773. The number of anilines is 1. The number of nitrogens with one attached hydrogen (secondary N) is 1. The Morgan fingerprint density at radius 1 is 1.04 bits per heavy atom. The maximum Gasteiger partial charge on any atom is 0.296 e. The molecule has 2 rings (SSSR count). The summed E-state index contributed by atoms with van der Waals surface area (Å²) in [6.07, 6.45) is -1.05. The molecule has 2 aromatic carbocycles. The highest BCUT2D eigenvalue weighted by Gasteiger charge is 2.17. The standard InChI is InChI=1S/C15H17NO6S/c17-9-13(19)8-16-14-6-3-11(7-15(14)23(20,21)22)10-1-4-12(18)5-2-10/h1-7,13,16-19H,8-9H2,(H,20,21,22). The van der Waals surface area contributed by atoms with Crippen LogP contribution in [0.2, 0.25) is 0 Å². The third-order valence-electron chi connectivity index (χ3n) is 3.20. The molecule has 0 aliphatic carbocycles.